The molecular weight excluding hydrogens is 169 g/mol. The highest BCUT2D eigenvalue weighted by Gasteiger charge is 2.06. The van der Waals surface area contributed by atoms with Gasteiger partial charge in [-0.05, 0) is 13.0 Å². The third-order valence-electron chi connectivity index (χ3n) is 1.81. The number of fused-ring (bicyclic) bond motifs is 1. The Bertz CT molecular complexity index is 507. The molecular formula is C9H6FN3. The van der Waals surface area contributed by atoms with Crippen LogP contribution in [0.15, 0.2) is 12.1 Å². The summed E-state index contributed by atoms with van der Waals surface area (Å²) < 4.78 is 13.1. The first-order valence-corrected chi connectivity index (χ1v) is 3.76. The predicted octanol–water partition coefficient (Wildman–Crippen LogP) is 1.88. The summed E-state index contributed by atoms with van der Waals surface area (Å²) >= 11 is 0. The van der Waals surface area contributed by atoms with E-state index >= 15 is 0 Å². The van der Waals surface area contributed by atoms with Gasteiger partial charge in [0, 0.05) is 6.07 Å². The lowest BCUT2D eigenvalue weighted by Gasteiger charge is -1.91. The average molecular weight is 175 g/mol. The molecule has 1 aromatic heterocycles. The number of benzene rings is 1. The molecule has 3 nitrogen and oxygen atoms in total. The predicted molar refractivity (Wildman–Crippen MR) is 45.5 cm³/mol. The second-order valence-corrected chi connectivity index (χ2v) is 2.78. The lowest BCUT2D eigenvalue weighted by molar-refractivity contribution is 0.625. The maximum absolute atomic E-state index is 13.1. The molecule has 0 radical (unpaired) electrons. The number of rotatable bonds is 0. The fraction of sp³-hybridized carbons (Fsp3) is 0.111. The average Bonchev–Trinajstić information content (AvgIpc) is 2.42. The van der Waals surface area contributed by atoms with Crippen LogP contribution in [0.3, 0.4) is 0 Å². The van der Waals surface area contributed by atoms with Crippen molar-refractivity contribution >= 4 is 11.0 Å². The van der Waals surface area contributed by atoms with Gasteiger partial charge < -0.3 is 4.98 Å². The van der Waals surface area contributed by atoms with Crippen LogP contribution in [-0.2, 0) is 0 Å². The lowest BCUT2D eigenvalue weighted by Crippen LogP contribution is -1.82. The van der Waals surface area contributed by atoms with Crippen LogP contribution in [0.25, 0.3) is 11.0 Å². The molecule has 64 valence electrons. The normalized spacial score (nSPS) is 10.2. The standard InChI is InChI=1S/C9H6FN3/c1-5-12-8-2-6(4-11)7(10)3-9(8)13-5/h2-3H,1H3,(H,12,13). The molecule has 0 aliphatic heterocycles. The number of nitrogens with zero attached hydrogens (tertiary/aromatic N) is 2. The molecule has 13 heavy (non-hydrogen) atoms. The van der Waals surface area contributed by atoms with Crippen molar-refractivity contribution in [3.63, 3.8) is 0 Å². The van der Waals surface area contributed by atoms with Crippen molar-refractivity contribution in [1.82, 2.24) is 9.97 Å². The molecule has 0 saturated heterocycles. The fourth-order valence-electron chi connectivity index (χ4n) is 1.24. The zero-order chi connectivity index (χ0) is 9.42. The van der Waals surface area contributed by atoms with Crippen LogP contribution in [0.2, 0.25) is 0 Å². The number of hydrogen-bond acceptors (Lipinski definition) is 2. The molecule has 0 unspecified atom stereocenters. The van der Waals surface area contributed by atoms with E-state index in [1.807, 2.05) is 0 Å². The van der Waals surface area contributed by atoms with Crippen LogP contribution >= 0.6 is 0 Å². The zero-order valence-corrected chi connectivity index (χ0v) is 6.93. The van der Waals surface area contributed by atoms with Gasteiger partial charge in [0.15, 0.2) is 0 Å². The molecule has 0 atom stereocenters. The number of aryl methyl sites for hydroxylation is 1. The zero-order valence-electron chi connectivity index (χ0n) is 6.93. The van der Waals surface area contributed by atoms with Crippen LogP contribution in [0.5, 0.6) is 0 Å². The molecule has 0 fully saturated rings. The second kappa shape index (κ2) is 2.56. The Hall–Kier alpha value is -1.89. The van der Waals surface area contributed by atoms with E-state index in [9.17, 15) is 4.39 Å². The monoisotopic (exact) mass is 175 g/mol. The third kappa shape index (κ3) is 1.14. The van der Waals surface area contributed by atoms with Crippen molar-refractivity contribution in [2.75, 3.05) is 0 Å². The number of halogens is 1. The Morgan fingerprint density at radius 2 is 2.31 bits per heavy atom. The topological polar surface area (TPSA) is 52.5 Å². The molecule has 0 aliphatic carbocycles. The van der Waals surface area contributed by atoms with Crippen LogP contribution in [-0.4, -0.2) is 9.97 Å². The van der Waals surface area contributed by atoms with E-state index in [1.165, 1.54) is 12.1 Å². The number of imidazole rings is 1. The molecule has 1 N–H and O–H groups in total. The minimum atomic E-state index is -0.515. The van der Waals surface area contributed by atoms with Crippen LogP contribution < -0.4 is 0 Å². The summed E-state index contributed by atoms with van der Waals surface area (Å²) in [4.78, 5) is 6.98. The molecule has 0 bridgehead atoms. The highest BCUT2D eigenvalue weighted by atomic mass is 19.1. The Morgan fingerprint density at radius 3 is 3.00 bits per heavy atom. The van der Waals surface area contributed by atoms with E-state index in [-0.39, 0.29) is 5.56 Å². The first kappa shape index (κ1) is 7.74. The van der Waals surface area contributed by atoms with Gasteiger partial charge in [-0.3, -0.25) is 0 Å². The Kier molecular flexibility index (Phi) is 1.52. The minimum Gasteiger partial charge on any atom is -0.342 e. The van der Waals surface area contributed by atoms with Crippen LogP contribution in [0, 0.1) is 24.1 Å². The summed E-state index contributed by atoms with van der Waals surface area (Å²) in [6, 6.07) is 4.49. The van der Waals surface area contributed by atoms with E-state index in [2.05, 4.69) is 9.97 Å². The maximum atomic E-state index is 13.1. The quantitative estimate of drug-likeness (QED) is 0.664. The van der Waals surface area contributed by atoms with Gasteiger partial charge in [-0.25, -0.2) is 9.37 Å². The highest BCUT2D eigenvalue weighted by molar-refractivity contribution is 5.76. The van der Waals surface area contributed by atoms with Crippen molar-refractivity contribution < 1.29 is 4.39 Å². The molecule has 0 amide bonds. The number of H-pyrrole nitrogens is 1. The van der Waals surface area contributed by atoms with Crippen molar-refractivity contribution in [2.45, 2.75) is 6.92 Å². The summed E-state index contributed by atoms with van der Waals surface area (Å²) in [5, 5.41) is 8.56. The number of nitrogens with one attached hydrogen (secondary N) is 1. The molecule has 0 spiro atoms. The lowest BCUT2D eigenvalue weighted by atomic mass is 10.2. The highest BCUT2D eigenvalue weighted by Crippen LogP contribution is 2.16. The number of nitriles is 1. The molecule has 1 heterocycles. The largest absolute Gasteiger partial charge is 0.342 e. The summed E-state index contributed by atoms with van der Waals surface area (Å²) in [6.07, 6.45) is 0. The van der Waals surface area contributed by atoms with E-state index in [4.69, 9.17) is 5.26 Å². The van der Waals surface area contributed by atoms with Crippen LogP contribution in [0.4, 0.5) is 4.39 Å². The van der Waals surface area contributed by atoms with Crippen molar-refractivity contribution in [3.8, 4) is 6.07 Å². The number of aromatic nitrogens is 2. The number of aromatic amines is 1. The fourth-order valence-corrected chi connectivity index (χ4v) is 1.24. The Labute approximate surface area is 73.8 Å². The molecule has 4 heteroatoms. The van der Waals surface area contributed by atoms with Gasteiger partial charge >= 0.3 is 0 Å². The summed E-state index contributed by atoms with van der Waals surface area (Å²) in [5.41, 5.74) is 1.27. The Balaban J connectivity index is 2.82. The van der Waals surface area contributed by atoms with Gasteiger partial charge in [-0.1, -0.05) is 0 Å². The molecule has 0 aliphatic rings. The maximum Gasteiger partial charge on any atom is 0.143 e. The van der Waals surface area contributed by atoms with Crippen LogP contribution in [0.1, 0.15) is 11.4 Å². The van der Waals surface area contributed by atoms with Gasteiger partial charge in [-0.2, -0.15) is 5.26 Å². The van der Waals surface area contributed by atoms with Crippen molar-refractivity contribution in [2.24, 2.45) is 0 Å². The summed E-state index contributed by atoms with van der Waals surface area (Å²) in [6.45, 7) is 1.78. The van der Waals surface area contributed by atoms with E-state index in [0.29, 0.717) is 16.9 Å². The summed E-state index contributed by atoms with van der Waals surface area (Å²) in [5.74, 6) is 0.197. The van der Waals surface area contributed by atoms with E-state index in [0.717, 1.165) is 0 Å². The van der Waals surface area contributed by atoms with E-state index < -0.39 is 5.82 Å². The first-order valence-electron chi connectivity index (χ1n) is 3.76. The molecule has 2 aromatic rings. The van der Waals surface area contributed by atoms with Gasteiger partial charge in [0.05, 0.1) is 16.6 Å². The number of hydrogen-bond donors (Lipinski definition) is 1. The SMILES string of the molecule is Cc1nc2cc(C#N)c(F)cc2[nH]1. The molecule has 2 rings (SSSR count). The minimum absolute atomic E-state index is 0.0269. The smallest absolute Gasteiger partial charge is 0.143 e. The third-order valence-corrected chi connectivity index (χ3v) is 1.81. The Morgan fingerprint density at radius 1 is 1.54 bits per heavy atom. The van der Waals surface area contributed by atoms with Crippen molar-refractivity contribution in [1.29, 1.82) is 5.26 Å². The van der Waals surface area contributed by atoms with Gasteiger partial charge in [-0.15, -0.1) is 0 Å². The van der Waals surface area contributed by atoms with Crippen molar-refractivity contribution in [3.05, 3.63) is 29.3 Å². The first-order chi connectivity index (χ1) is 6.20. The van der Waals surface area contributed by atoms with E-state index in [1.54, 1.807) is 13.0 Å². The van der Waals surface area contributed by atoms with Gasteiger partial charge in [0.25, 0.3) is 0 Å². The second-order valence-electron chi connectivity index (χ2n) is 2.78. The van der Waals surface area contributed by atoms with Gasteiger partial charge in [0.1, 0.15) is 17.7 Å². The molecule has 1 aromatic carbocycles. The summed E-state index contributed by atoms with van der Waals surface area (Å²) in [7, 11) is 0. The molecule has 0 saturated carbocycles. The van der Waals surface area contributed by atoms with Gasteiger partial charge in [0.2, 0.25) is 0 Å².